The summed E-state index contributed by atoms with van der Waals surface area (Å²) in [5.41, 5.74) is 13.0. The van der Waals surface area contributed by atoms with Crippen LogP contribution >= 0.6 is 0 Å². The summed E-state index contributed by atoms with van der Waals surface area (Å²) >= 11 is 0. The van der Waals surface area contributed by atoms with Crippen LogP contribution in [0.4, 0.5) is 5.82 Å². The summed E-state index contributed by atoms with van der Waals surface area (Å²) < 4.78 is 3.89. The molecule has 2 atom stereocenters. The maximum absolute atomic E-state index is 5.95. The fraction of sp³-hybridized carbons (Fsp3) is 0.250. The van der Waals surface area contributed by atoms with Gasteiger partial charge < -0.3 is 10.6 Å². The van der Waals surface area contributed by atoms with Crippen LogP contribution in [0.1, 0.15) is 5.56 Å². The van der Waals surface area contributed by atoms with Gasteiger partial charge in [-0.15, -0.1) is 0 Å². The van der Waals surface area contributed by atoms with Crippen LogP contribution in [-0.2, 0) is 7.05 Å². The number of allylic oxidation sites excluding steroid dienone is 1. The number of nitrogens with zero attached hydrogens (tertiary/aromatic N) is 6. The molecule has 4 heterocycles. The molecule has 7 heteroatoms. The predicted molar refractivity (Wildman–Crippen MR) is 139 cm³/mol. The molecule has 7 nitrogen and oxygen atoms in total. The van der Waals surface area contributed by atoms with E-state index in [2.05, 4.69) is 66.1 Å². The molecule has 1 aliphatic carbocycles. The fourth-order valence-electron chi connectivity index (χ4n) is 6.04. The first-order chi connectivity index (χ1) is 17.0. The summed E-state index contributed by atoms with van der Waals surface area (Å²) in [6.07, 6.45) is 4.00. The summed E-state index contributed by atoms with van der Waals surface area (Å²) in [6.45, 7) is 8.08. The number of nitrogens with two attached hydrogens (primary N) is 1. The van der Waals surface area contributed by atoms with E-state index in [4.69, 9.17) is 15.8 Å². The highest BCUT2D eigenvalue weighted by molar-refractivity contribution is 6.03. The van der Waals surface area contributed by atoms with E-state index in [1.807, 2.05) is 34.7 Å². The van der Waals surface area contributed by atoms with Crippen LogP contribution in [0.3, 0.4) is 0 Å². The van der Waals surface area contributed by atoms with Crippen LogP contribution in [-0.4, -0.2) is 37.6 Å². The first-order valence-electron chi connectivity index (χ1n) is 12.1. The minimum absolute atomic E-state index is 0.492. The smallest absolute Gasteiger partial charge is 0.128 e. The first kappa shape index (κ1) is 20.3. The van der Waals surface area contributed by atoms with E-state index in [1.54, 1.807) is 0 Å². The molecule has 1 saturated heterocycles. The fourth-order valence-corrected chi connectivity index (χ4v) is 6.04. The number of aryl methyl sites for hydroxylation is 2. The molecule has 2 aliphatic rings. The predicted octanol–water partition coefficient (Wildman–Crippen LogP) is 4.44. The van der Waals surface area contributed by atoms with Crippen molar-refractivity contribution in [3.8, 4) is 16.9 Å². The molecule has 2 aromatic carbocycles. The van der Waals surface area contributed by atoms with Gasteiger partial charge in [0.25, 0.3) is 0 Å². The molecule has 2 N–H and O–H groups in total. The number of rotatable bonds is 4. The first-order valence-corrected chi connectivity index (χ1v) is 12.1. The zero-order valence-corrected chi connectivity index (χ0v) is 19.9. The van der Waals surface area contributed by atoms with Crippen LogP contribution in [0.2, 0.25) is 0 Å². The summed E-state index contributed by atoms with van der Waals surface area (Å²) in [6, 6.07) is 16.8. The van der Waals surface area contributed by atoms with Crippen molar-refractivity contribution in [1.29, 1.82) is 0 Å². The molecule has 3 aromatic heterocycles. The minimum Gasteiger partial charge on any atom is -0.402 e. The Morgan fingerprint density at radius 2 is 1.80 bits per heavy atom. The molecule has 0 bridgehead atoms. The van der Waals surface area contributed by atoms with E-state index in [9.17, 15) is 0 Å². The number of pyridine rings is 1. The Bertz CT molecular complexity index is 1610. The normalized spacial score (nSPS) is 21.1. The molecule has 2 unspecified atom stereocenters. The topological polar surface area (TPSA) is 77.8 Å². The number of aromatic nitrogens is 5. The largest absolute Gasteiger partial charge is 0.402 e. The molecule has 1 aliphatic heterocycles. The zero-order valence-electron chi connectivity index (χ0n) is 19.9. The maximum Gasteiger partial charge on any atom is 0.128 e. The van der Waals surface area contributed by atoms with Gasteiger partial charge in [0.1, 0.15) is 11.5 Å². The van der Waals surface area contributed by atoms with E-state index in [0.29, 0.717) is 17.8 Å². The zero-order chi connectivity index (χ0) is 23.8. The van der Waals surface area contributed by atoms with Crippen molar-refractivity contribution in [2.75, 3.05) is 18.0 Å². The van der Waals surface area contributed by atoms with Gasteiger partial charge in [0.2, 0.25) is 0 Å². The molecular formula is C28H27N7. The van der Waals surface area contributed by atoms with E-state index in [-0.39, 0.29) is 0 Å². The molecule has 0 radical (unpaired) electrons. The SMILES string of the molecule is C=C(N)C1C2CN(c3ccc(-n4nc(-c5cccc6nn(C)cc56)c5cccc(C)c54)cn3)CC21. The molecule has 7 rings (SSSR count). The number of anilines is 1. The van der Waals surface area contributed by atoms with Crippen molar-refractivity contribution >= 4 is 27.6 Å². The van der Waals surface area contributed by atoms with Gasteiger partial charge in [-0.05, 0) is 42.5 Å². The van der Waals surface area contributed by atoms with E-state index in [0.717, 1.165) is 63.4 Å². The highest BCUT2D eigenvalue weighted by Gasteiger charge is 2.56. The Morgan fingerprint density at radius 3 is 2.54 bits per heavy atom. The van der Waals surface area contributed by atoms with Crippen molar-refractivity contribution in [2.24, 2.45) is 30.5 Å². The third-order valence-electron chi connectivity index (χ3n) is 7.75. The van der Waals surface area contributed by atoms with E-state index in [1.165, 1.54) is 5.56 Å². The number of hydrogen-bond acceptors (Lipinski definition) is 5. The number of benzene rings is 2. The Labute approximate surface area is 203 Å². The number of para-hydroxylation sites is 1. The lowest BCUT2D eigenvalue weighted by atomic mass is 10.0. The van der Waals surface area contributed by atoms with E-state index >= 15 is 0 Å². The third kappa shape index (κ3) is 3.00. The van der Waals surface area contributed by atoms with Gasteiger partial charge in [-0.25, -0.2) is 9.67 Å². The van der Waals surface area contributed by atoms with Gasteiger partial charge in [-0.2, -0.15) is 10.2 Å². The molecular weight excluding hydrogens is 434 g/mol. The summed E-state index contributed by atoms with van der Waals surface area (Å²) in [5.74, 6) is 2.76. The number of hydrogen-bond donors (Lipinski definition) is 1. The van der Waals surface area contributed by atoms with Crippen LogP contribution in [0.25, 0.3) is 38.8 Å². The lowest BCUT2D eigenvalue weighted by molar-refractivity contribution is 0.698. The van der Waals surface area contributed by atoms with Crippen LogP contribution < -0.4 is 10.6 Å². The molecule has 1 saturated carbocycles. The monoisotopic (exact) mass is 461 g/mol. The van der Waals surface area contributed by atoms with Crippen molar-refractivity contribution in [3.05, 3.63) is 78.8 Å². The Kier molecular flexibility index (Phi) is 4.16. The molecule has 0 amide bonds. The van der Waals surface area contributed by atoms with Crippen LogP contribution in [0.5, 0.6) is 0 Å². The Morgan fingerprint density at radius 1 is 1.00 bits per heavy atom. The van der Waals surface area contributed by atoms with Crippen molar-refractivity contribution < 1.29 is 0 Å². The summed E-state index contributed by atoms with van der Waals surface area (Å²) in [7, 11) is 1.95. The third-order valence-corrected chi connectivity index (χ3v) is 7.75. The standard InChI is InChI=1S/C28H27N7/c1-16-6-4-8-20-27(19-7-5-9-24-21(19)13-33(3)31-24)32-35(28(16)20)18-10-11-25(30-12-18)34-14-22-23(15-34)26(22)17(2)29/h4-13,22-23,26H,2,14-15,29H2,1,3H3. The maximum atomic E-state index is 5.95. The van der Waals surface area contributed by atoms with Crippen molar-refractivity contribution in [2.45, 2.75) is 6.92 Å². The second kappa shape index (κ2) is 7.18. The number of piperidine rings is 1. The molecule has 174 valence electrons. The van der Waals surface area contributed by atoms with Crippen LogP contribution in [0.15, 0.2) is 73.2 Å². The van der Waals surface area contributed by atoms with Crippen LogP contribution in [0, 0.1) is 24.7 Å². The second-order valence-electron chi connectivity index (χ2n) is 9.98. The van der Waals surface area contributed by atoms with E-state index < -0.39 is 0 Å². The highest BCUT2D eigenvalue weighted by Crippen LogP contribution is 2.54. The second-order valence-corrected chi connectivity index (χ2v) is 9.98. The van der Waals surface area contributed by atoms with Gasteiger partial charge in [-0.3, -0.25) is 4.68 Å². The molecule has 0 spiro atoms. The average molecular weight is 462 g/mol. The highest BCUT2D eigenvalue weighted by atomic mass is 15.3. The van der Waals surface area contributed by atoms with Gasteiger partial charge >= 0.3 is 0 Å². The lowest BCUT2D eigenvalue weighted by Crippen LogP contribution is -2.26. The lowest BCUT2D eigenvalue weighted by Gasteiger charge is -2.21. The quantitative estimate of drug-likeness (QED) is 0.428. The average Bonchev–Trinajstić information content (AvgIpc) is 3.18. The van der Waals surface area contributed by atoms with Crippen molar-refractivity contribution in [3.63, 3.8) is 0 Å². The number of fused-ring (bicyclic) bond motifs is 3. The summed E-state index contributed by atoms with van der Waals surface area (Å²) in [4.78, 5) is 7.19. The van der Waals surface area contributed by atoms with Gasteiger partial charge in [0, 0.05) is 54.3 Å². The molecule has 35 heavy (non-hydrogen) atoms. The molecule has 5 aromatic rings. The van der Waals surface area contributed by atoms with Crippen molar-refractivity contribution in [1.82, 2.24) is 24.5 Å². The summed E-state index contributed by atoms with van der Waals surface area (Å²) in [5, 5.41) is 11.9. The van der Waals surface area contributed by atoms with Gasteiger partial charge in [-0.1, -0.05) is 36.9 Å². The molecule has 2 fully saturated rings. The Hall–Kier alpha value is -4.13. The Balaban J connectivity index is 1.29. The van der Waals surface area contributed by atoms with Gasteiger partial charge in [0.05, 0.1) is 22.9 Å². The van der Waals surface area contributed by atoms with Gasteiger partial charge in [0.15, 0.2) is 0 Å². The minimum atomic E-state index is 0.492.